The molecule has 0 aliphatic rings. The molecule has 91 heavy (non-hydrogen) atoms. The van der Waals surface area contributed by atoms with Crippen molar-refractivity contribution in [2.24, 2.45) is 11.8 Å². The van der Waals surface area contributed by atoms with Gasteiger partial charge in [0.2, 0.25) is 0 Å². The summed E-state index contributed by atoms with van der Waals surface area (Å²) in [7, 11) is -9.90. The molecule has 0 rings (SSSR count). The maximum atomic E-state index is 13.0. The van der Waals surface area contributed by atoms with Gasteiger partial charge in [0.05, 0.1) is 26.4 Å². The van der Waals surface area contributed by atoms with Gasteiger partial charge in [0.25, 0.3) is 0 Å². The van der Waals surface area contributed by atoms with E-state index >= 15 is 0 Å². The minimum absolute atomic E-state index is 0.105. The molecule has 0 aliphatic heterocycles. The van der Waals surface area contributed by atoms with E-state index in [9.17, 15) is 43.2 Å². The summed E-state index contributed by atoms with van der Waals surface area (Å²) in [6, 6.07) is 0. The first kappa shape index (κ1) is 89.1. The Balaban J connectivity index is 5.22. The molecule has 0 saturated carbocycles. The van der Waals surface area contributed by atoms with Crippen LogP contribution in [0.15, 0.2) is 0 Å². The number of unbranched alkanes of at least 4 members (excludes halogenated alkanes) is 41. The van der Waals surface area contributed by atoms with Gasteiger partial charge in [-0.15, -0.1) is 0 Å². The number of esters is 4. The predicted molar refractivity (Wildman–Crippen MR) is 368 cm³/mol. The van der Waals surface area contributed by atoms with Crippen LogP contribution in [0.3, 0.4) is 0 Å². The molecule has 2 unspecified atom stereocenters. The summed E-state index contributed by atoms with van der Waals surface area (Å²) in [5.74, 6) is -0.591. The Kier molecular flexibility index (Phi) is 62.7. The molecule has 540 valence electrons. The van der Waals surface area contributed by atoms with Crippen molar-refractivity contribution in [3.05, 3.63) is 0 Å². The summed E-state index contributed by atoms with van der Waals surface area (Å²) in [6.07, 6.45) is 49.9. The summed E-state index contributed by atoms with van der Waals surface area (Å²) in [6.45, 7) is 9.54. The lowest BCUT2D eigenvalue weighted by molar-refractivity contribution is -0.161. The molecule has 0 aromatic carbocycles. The number of hydrogen-bond donors (Lipinski definition) is 3. The Hall–Kier alpha value is -1.94. The number of aliphatic hydroxyl groups is 1. The average molecular weight is 1340 g/mol. The van der Waals surface area contributed by atoms with Crippen molar-refractivity contribution in [3.8, 4) is 0 Å². The van der Waals surface area contributed by atoms with Crippen LogP contribution in [0.2, 0.25) is 0 Å². The first-order valence-corrected chi connectivity index (χ1v) is 40.5. The van der Waals surface area contributed by atoms with Gasteiger partial charge in [0.1, 0.15) is 19.3 Å². The van der Waals surface area contributed by atoms with Gasteiger partial charge in [-0.25, -0.2) is 9.13 Å². The fourth-order valence-corrected chi connectivity index (χ4v) is 12.5. The maximum Gasteiger partial charge on any atom is 0.472 e. The molecular weight excluding hydrogens is 1200 g/mol. The second-order valence-electron chi connectivity index (χ2n) is 26.9. The molecule has 0 fully saturated rings. The number of hydrogen-bond acceptors (Lipinski definition) is 15. The number of carbonyl (C=O) groups excluding carboxylic acids is 4. The summed E-state index contributed by atoms with van der Waals surface area (Å²) in [5.41, 5.74) is 0. The second-order valence-corrected chi connectivity index (χ2v) is 29.8. The first-order chi connectivity index (χ1) is 43.9. The molecular formula is C72H140O17P2. The fourth-order valence-electron chi connectivity index (χ4n) is 10.9. The van der Waals surface area contributed by atoms with E-state index in [0.29, 0.717) is 25.7 Å². The van der Waals surface area contributed by atoms with Gasteiger partial charge in [-0.1, -0.05) is 318 Å². The van der Waals surface area contributed by atoms with Crippen molar-refractivity contribution in [2.75, 3.05) is 39.6 Å². The number of ether oxygens (including phenoxy) is 4. The van der Waals surface area contributed by atoms with Crippen LogP contribution in [0.1, 0.15) is 369 Å². The average Bonchev–Trinajstić information content (AvgIpc) is 3.46. The van der Waals surface area contributed by atoms with Gasteiger partial charge < -0.3 is 33.8 Å². The van der Waals surface area contributed by atoms with E-state index in [0.717, 1.165) is 108 Å². The number of phosphoric acid groups is 2. The summed E-state index contributed by atoms with van der Waals surface area (Å²) < 4.78 is 68.3. The van der Waals surface area contributed by atoms with Gasteiger partial charge in [-0.05, 0) is 37.5 Å². The molecule has 19 heteroatoms. The highest BCUT2D eigenvalue weighted by atomic mass is 31.2. The van der Waals surface area contributed by atoms with Crippen molar-refractivity contribution >= 4 is 39.5 Å². The summed E-state index contributed by atoms with van der Waals surface area (Å²) in [5, 5.41) is 10.6. The number of carbonyl (C=O) groups is 4. The van der Waals surface area contributed by atoms with Crippen molar-refractivity contribution in [1.82, 2.24) is 0 Å². The Morgan fingerprint density at radius 2 is 0.505 bits per heavy atom. The van der Waals surface area contributed by atoms with E-state index in [1.807, 2.05) is 0 Å². The van der Waals surface area contributed by atoms with Gasteiger partial charge in [0, 0.05) is 25.7 Å². The number of rotatable bonds is 71. The molecule has 0 saturated heterocycles. The zero-order chi connectivity index (χ0) is 67.2. The molecule has 0 spiro atoms. The van der Waals surface area contributed by atoms with E-state index in [-0.39, 0.29) is 25.7 Å². The van der Waals surface area contributed by atoms with Crippen molar-refractivity contribution < 1.29 is 80.2 Å². The van der Waals surface area contributed by atoms with Crippen molar-refractivity contribution in [2.45, 2.75) is 387 Å². The van der Waals surface area contributed by atoms with E-state index in [2.05, 4.69) is 41.5 Å². The minimum atomic E-state index is -4.95. The number of aliphatic hydroxyl groups excluding tert-OH is 1. The SMILES string of the molecule is CCCCCCCCCCCCCCCCC(=O)OC[C@H](COP(=O)(O)OC[C@@H](O)COP(=O)(O)OC[C@@H](COC(=O)CCCCCCCCCC)OC(=O)CCCCCCCCCCCC(C)C)OC(=O)CCCCCCCCCCCCCCCCC(C)C. The van der Waals surface area contributed by atoms with Crippen LogP contribution < -0.4 is 0 Å². The van der Waals surface area contributed by atoms with Crippen LogP contribution in [0, 0.1) is 11.8 Å². The quantitative estimate of drug-likeness (QED) is 0.0222. The highest BCUT2D eigenvalue weighted by Gasteiger charge is 2.30. The van der Waals surface area contributed by atoms with E-state index in [1.165, 1.54) is 180 Å². The monoisotopic (exact) mass is 1340 g/mol. The summed E-state index contributed by atoms with van der Waals surface area (Å²) in [4.78, 5) is 72.6. The third kappa shape index (κ3) is 66.5. The molecule has 0 aromatic rings. The third-order valence-corrected chi connectivity index (χ3v) is 18.6. The Morgan fingerprint density at radius 1 is 0.297 bits per heavy atom. The molecule has 0 radical (unpaired) electrons. The zero-order valence-corrected chi connectivity index (χ0v) is 60.9. The highest BCUT2D eigenvalue weighted by molar-refractivity contribution is 7.47. The second kappa shape index (κ2) is 64.1. The van der Waals surface area contributed by atoms with Crippen LogP contribution in [0.5, 0.6) is 0 Å². The van der Waals surface area contributed by atoms with E-state index in [1.54, 1.807) is 0 Å². The van der Waals surface area contributed by atoms with Crippen LogP contribution in [-0.2, 0) is 65.4 Å². The molecule has 17 nitrogen and oxygen atoms in total. The smallest absolute Gasteiger partial charge is 0.462 e. The fraction of sp³-hybridized carbons (Fsp3) is 0.944. The van der Waals surface area contributed by atoms with Gasteiger partial charge in [0.15, 0.2) is 12.2 Å². The molecule has 0 bridgehead atoms. The lowest BCUT2D eigenvalue weighted by atomic mass is 10.0. The first-order valence-electron chi connectivity index (χ1n) is 37.5. The van der Waals surface area contributed by atoms with Crippen LogP contribution >= 0.6 is 15.6 Å². The van der Waals surface area contributed by atoms with Gasteiger partial charge in [-0.2, -0.15) is 0 Å². The molecule has 0 heterocycles. The highest BCUT2D eigenvalue weighted by Crippen LogP contribution is 2.45. The normalized spacial score (nSPS) is 14.1. The standard InChI is InChI=1S/C72H140O17P2/c1-7-9-11-13-15-17-18-19-23-26-31-37-43-49-55-70(75)83-61-68(88-71(76)56-50-44-38-32-27-24-21-20-22-25-29-34-40-46-52-64(3)4)63-87-91(80,81)85-59-66(73)58-84-90(78,79)86-62-67(60-82-69(74)54-48-42-36-16-14-12-10-8-2)89-72(77)57-51-45-39-33-28-30-35-41-47-53-65(5)6/h64-68,73H,7-63H2,1-6H3,(H,78,79)(H,80,81)/t66-,67+,68+/m0/s1. The van der Waals surface area contributed by atoms with Crippen LogP contribution in [0.25, 0.3) is 0 Å². The maximum absolute atomic E-state index is 13.0. The third-order valence-electron chi connectivity index (χ3n) is 16.7. The van der Waals surface area contributed by atoms with Crippen molar-refractivity contribution in [1.29, 1.82) is 0 Å². The number of phosphoric ester groups is 2. The van der Waals surface area contributed by atoms with Gasteiger partial charge in [-0.3, -0.25) is 37.3 Å². The van der Waals surface area contributed by atoms with Crippen molar-refractivity contribution in [3.63, 3.8) is 0 Å². The zero-order valence-electron chi connectivity index (χ0n) is 59.1. The van der Waals surface area contributed by atoms with Gasteiger partial charge >= 0.3 is 39.5 Å². The van der Waals surface area contributed by atoms with E-state index in [4.69, 9.17) is 37.0 Å². The van der Waals surface area contributed by atoms with Crippen LogP contribution in [-0.4, -0.2) is 96.7 Å². The molecule has 5 atom stereocenters. The summed E-state index contributed by atoms with van der Waals surface area (Å²) >= 11 is 0. The predicted octanol–water partition coefficient (Wildman–Crippen LogP) is 20.8. The lowest BCUT2D eigenvalue weighted by Gasteiger charge is -2.21. The Morgan fingerprint density at radius 3 is 0.747 bits per heavy atom. The molecule has 3 N–H and O–H groups in total. The van der Waals surface area contributed by atoms with E-state index < -0.39 is 97.5 Å². The Bertz CT molecular complexity index is 1770. The Labute approximate surface area is 556 Å². The molecule has 0 aromatic heterocycles. The molecule has 0 aliphatic carbocycles. The largest absolute Gasteiger partial charge is 0.472 e. The minimum Gasteiger partial charge on any atom is -0.462 e. The topological polar surface area (TPSA) is 237 Å². The molecule has 0 amide bonds. The van der Waals surface area contributed by atoms with Crippen LogP contribution in [0.4, 0.5) is 0 Å². The lowest BCUT2D eigenvalue weighted by Crippen LogP contribution is -2.30.